The normalized spacial score (nSPS) is 14.9. The highest BCUT2D eigenvalue weighted by Crippen LogP contribution is 2.26. The van der Waals surface area contributed by atoms with Crippen LogP contribution in [0.15, 0.2) is 30.3 Å². The maximum Gasteiger partial charge on any atom is 0.0541 e. The molecule has 1 unspecified atom stereocenters. The second-order valence-electron chi connectivity index (χ2n) is 4.68. The van der Waals surface area contributed by atoms with Crippen molar-refractivity contribution in [2.45, 2.75) is 31.8 Å². The molecule has 3 N–H and O–H groups in total. The van der Waals surface area contributed by atoms with Crippen LogP contribution in [0.1, 0.15) is 25.8 Å². The lowest BCUT2D eigenvalue weighted by atomic mass is 9.78. The molecule has 0 radical (unpaired) electrons. The molecule has 3 nitrogen and oxygen atoms in total. The molecule has 0 aromatic heterocycles. The fourth-order valence-electron chi connectivity index (χ4n) is 1.88. The van der Waals surface area contributed by atoms with Crippen molar-refractivity contribution >= 4 is 0 Å². The molecule has 3 heteroatoms. The lowest BCUT2D eigenvalue weighted by Crippen LogP contribution is -2.40. The number of benzene rings is 1. The van der Waals surface area contributed by atoms with Crippen molar-refractivity contribution in [1.29, 1.82) is 0 Å². The van der Waals surface area contributed by atoms with Gasteiger partial charge in [-0.15, -0.1) is 0 Å². The van der Waals surface area contributed by atoms with Gasteiger partial charge in [-0.2, -0.15) is 0 Å². The Bertz CT molecular complexity index is 307. The quantitative estimate of drug-likeness (QED) is 0.758. The summed E-state index contributed by atoms with van der Waals surface area (Å²) in [5.74, 6) is 0. The zero-order chi connectivity index (χ0) is 12.7. The molecule has 1 aromatic carbocycles. The Morgan fingerprint density at radius 1 is 1.29 bits per heavy atom. The summed E-state index contributed by atoms with van der Waals surface area (Å²) in [5.41, 5.74) is 6.55. The maximum absolute atomic E-state index is 9.66. The van der Waals surface area contributed by atoms with Crippen molar-refractivity contribution in [1.82, 2.24) is 0 Å². The molecule has 0 aliphatic heterocycles. The van der Waals surface area contributed by atoms with E-state index in [9.17, 15) is 5.11 Å². The molecule has 1 rings (SSSR count). The molecule has 0 spiro atoms. The first-order chi connectivity index (χ1) is 8.14. The summed E-state index contributed by atoms with van der Waals surface area (Å²) < 4.78 is 5.56. The van der Waals surface area contributed by atoms with Gasteiger partial charge >= 0.3 is 0 Å². The van der Waals surface area contributed by atoms with Crippen molar-refractivity contribution in [3.05, 3.63) is 35.9 Å². The van der Waals surface area contributed by atoms with Crippen molar-refractivity contribution in [2.24, 2.45) is 5.73 Å². The first kappa shape index (κ1) is 14.2. The van der Waals surface area contributed by atoms with Crippen LogP contribution < -0.4 is 5.73 Å². The van der Waals surface area contributed by atoms with Gasteiger partial charge in [0.1, 0.15) is 0 Å². The van der Waals surface area contributed by atoms with E-state index in [1.807, 2.05) is 44.2 Å². The highest BCUT2D eigenvalue weighted by Gasteiger charge is 2.29. The zero-order valence-corrected chi connectivity index (χ0v) is 10.7. The Balaban J connectivity index is 2.75. The number of hydrogen-bond acceptors (Lipinski definition) is 3. The van der Waals surface area contributed by atoms with Crippen molar-refractivity contribution < 1.29 is 9.84 Å². The molecule has 0 aliphatic carbocycles. The minimum Gasteiger partial charge on any atom is -0.395 e. The van der Waals surface area contributed by atoms with Gasteiger partial charge in [-0.05, 0) is 25.8 Å². The summed E-state index contributed by atoms with van der Waals surface area (Å²) in [6.45, 7) is 5.10. The van der Waals surface area contributed by atoms with E-state index in [4.69, 9.17) is 10.5 Å². The van der Waals surface area contributed by atoms with Crippen LogP contribution in [0.25, 0.3) is 0 Å². The number of rotatable bonds is 7. The maximum atomic E-state index is 9.66. The Kier molecular flexibility index (Phi) is 5.62. The third kappa shape index (κ3) is 3.80. The SMILES string of the molecule is CC(C)OCCC(CN)(CO)c1ccccc1. The molecular weight excluding hydrogens is 214 g/mol. The molecule has 0 saturated carbocycles. The summed E-state index contributed by atoms with van der Waals surface area (Å²) in [7, 11) is 0. The van der Waals surface area contributed by atoms with Gasteiger partial charge in [-0.25, -0.2) is 0 Å². The van der Waals surface area contributed by atoms with Crippen LogP contribution in [0.4, 0.5) is 0 Å². The van der Waals surface area contributed by atoms with Crippen LogP contribution in [0.3, 0.4) is 0 Å². The van der Waals surface area contributed by atoms with Crippen LogP contribution in [0.5, 0.6) is 0 Å². The molecule has 0 bridgehead atoms. The predicted molar refractivity (Wildman–Crippen MR) is 70.0 cm³/mol. The fraction of sp³-hybridized carbons (Fsp3) is 0.571. The number of aliphatic hydroxyl groups is 1. The third-order valence-electron chi connectivity index (χ3n) is 3.11. The number of aliphatic hydroxyl groups excluding tert-OH is 1. The van der Waals surface area contributed by atoms with Crippen LogP contribution in [-0.2, 0) is 10.2 Å². The fourth-order valence-corrected chi connectivity index (χ4v) is 1.88. The van der Waals surface area contributed by atoms with Crippen molar-refractivity contribution in [2.75, 3.05) is 19.8 Å². The smallest absolute Gasteiger partial charge is 0.0541 e. The van der Waals surface area contributed by atoms with E-state index < -0.39 is 0 Å². The first-order valence-corrected chi connectivity index (χ1v) is 6.12. The summed E-state index contributed by atoms with van der Waals surface area (Å²) in [4.78, 5) is 0. The summed E-state index contributed by atoms with van der Waals surface area (Å²) in [6, 6.07) is 9.93. The largest absolute Gasteiger partial charge is 0.395 e. The second kappa shape index (κ2) is 6.74. The lowest BCUT2D eigenvalue weighted by molar-refractivity contribution is 0.0545. The van der Waals surface area contributed by atoms with Gasteiger partial charge in [0, 0.05) is 18.6 Å². The average molecular weight is 237 g/mol. The van der Waals surface area contributed by atoms with E-state index >= 15 is 0 Å². The zero-order valence-electron chi connectivity index (χ0n) is 10.7. The Labute approximate surface area is 104 Å². The Morgan fingerprint density at radius 2 is 1.94 bits per heavy atom. The summed E-state index contributed by atoms with van der Waals surface area (Å²) >= 11 is 0. The van der Waals surface area contributed by atoms with E-state index in [0.29, 0.717) is 13.2 Å². The topological polar surface area (TPSA) is 55.5 Å². The molecular formula is C14H23NO2. The standard InChI is InChI=1S/C14H23NO2/c1-12(2)17-9-8-14(10-15,11-16)13-6-4-3-5-7-13/h3-7,12,16H,8-11,15H2,1-2H3. The molecule has 0 fully saturated rings. The van der Waals surface area contributed by atoms with Gasteiger partial charge in [0.05, 0.1) is 12.7 Å². The van der Waals surface area contributed by atoms with E-state index in [1.54, 1.807) is 0 Å². The van der Waals surface area contributed by atoms with Crippen LogP contribution >= 0.6 is 0 Å². The molecule has 0 amide bonds. The van der Waals surface area contributed by atoms with Crippen LogP contribution in [0, 0.1) is 0 Å². The summed E-state index contributed by atoms with van der Waals surface area (Å²) in [6.07, 6.45) is 0.947. The van der Waals surface area contributed by atoms with Gasteiger partial charge in [0.25, 0.3) is 0 Å². The van der Waals surface area contributed by atoms with Crippen LogP contribution in [0.2, 0.25) is 0 Å². The molecule has 1 aromatic rings. The molecule has 1 atom stereocenters. The third-order valence-corrected chi connectivity index (χ3v) is 3.11. The molecule has 0 saturated heterocycles. The Hall–Kier alpha value is -0.900. The second-order valence-corrected chi connectivity index (χ2v) is 4.68. The monoisotopic (exact) mass is 237 g/mol. The lowest BCUT2D eigenvalue weighted by Gasteiger charge is -2.31. The molecule has 96 valence electrons. The van der Waals surface area contributed by atoms with E-state index in [0.717, 1.165) is 12.0 Å². The minimum atomic E-state index is -0.379. The number of hydrogen-bond donors (Lipinski definition) is 2. The average Bonchev–Trinajstić information content (AvgIpc) is 2.36. The Morgan fingerprint density at radius 3 is 2.41 bits per heavy atom. The first-order valence-electron chi connectivity index (χ1n) is 6.12. The van der Waals surface area contributed by atoms with Gasteiger partial charge in [-0.1, -0.05) is 30.3 Å². The van der Waals surface area contributed by atoms with E-state index in [2.05, 4.69) is 0 Å². The molecule has 17 heavy (non-hydrogen) atoms. The van der Waals surface area contributed by atoms with Gasteiger partial charge in [-0.3, -0.25) is 0 Å². The van der Waals surface area contributed by atoms with Gasteiger partial charge in [0.2, 0.25) is 0 Å². The van der Waals surface area contributed by atoms with Gasteiger partial charge in [0.15, 0.2) is 0 Å². The summed E-state index contributed by atoms with van der Waals surface area (Å²) in [5, 5.41) is 9.66. The minimum absolute atomic E-state index is 0.0506. The van der Waals surface area contributed by atoms with E-state index in [1.165, 1.54) is 0 Å². The van der Waals surface area contributed by atoms with Crippen LogP contribution in [-0.4, -0.2) is 31.0 Å². The molecule has 0 heterocycles. The number of ether oxygens (including phenoxy) is 1. The highest BCUT2D eigenvalue weighted by molar-refractivity contribution is 5.26. The predicted octanol–water partition coefficient (Wildman–Crippen LogP) is 1.69. The van der Waals surface area contributed by atoms with E-state index in [-0.39, 0.29) is 18.1 Å². The highest BCUT2D eigenvalue weighted by atomic mass is 16.5. The van der Waals surface area contributed by atoms with Crippen molar-refractivity contribution in [3.63, 3.8) is 0 Å². The molecule has 0 aliphatic rings. The van der Waals surface area contributed by atoms with Crippen molar-refractivity contribution in [3.8, 4) is 0 Å². The van der Waals surface area contributed by atoms with Gasteiger partial charge < -0.3 is 15.6 Å². The number of nitrogens with two attached hydrogens (primary N) is 1.